The van der Waals surface area contributed by atoms with Crippen molar-refractivity contribution in [3.8, 4) is 6.07 Å². The summed E-state index contributed by atoms with van der Waals surface area (Å²) >= 11 is 0. The van der Waals surface area contributed by atoms with Gasteiger partial charge in [0.15, 0.2) is 0 Å². The molecule has 3 rings (SSSR count). The summed E-state index contributed by atoms with van der Waals surface area (Å²) in [6, 6.07) is 18.1. The zero-order valence-corrected chi connectivity index (χ0v) is 18.1. The SMILES string of the molecule is N#CCCN(C(=O)CCC(=O)Nc1cccc(C(=O)N2CCCCC2)c1)c1ccccc1. The molecule has 7 nitrogen and oxygen atoms in total. The summed E-state index contributed by atoms with van der Waals surface area (Å²) in [5, 5.41) is 11.7. The highest BCUT2D eigenvalue weighted by Crippen LogP contribution is 2.18. The number of carbonyl (C=O) groups excluding carboxylic acids is 3. The Hall–Kier alpha value is -3.66. The Morgan fingerprint density at radius 2 is 1.72 bits per heavy atom. The van der Waals surface area contributed by atoms with Crippen LogP contribution in [0, 0.1) is 11.3 Å². The molecular formula is C25H28N4O3. The number of amides is 3. The van der Waals surface area contributed by atoms with E-state index >= 15 is 0 Å². The molecule has 3 amide bonds. The molecule has 7 heteroatoms. The van der Waals surface area contributed by atoms with Gasteiger partial charge in [-0.25, -0.2) is 0 Å². The molecule has 0 unspecified atom stereocenters. The molecule has 0 aromatic heterocycles. The van der Waals surface area contributed by atoms with Gasteiger partial charge in [-0.1, -0.05) is 24.3 Å². The molecule has 0 radical (unpaired) electrons. The summed E-state index contributed by atoms with van der Waals surface area (Å²) in [4.78, 5) is 41.2. The molecule has 166 valence electrons. The fourth-order valence-electron chi connectivity index (χ4n) is 3.76. The van der Waals surface area contributed by atoms with E-state index in [0.717, 1.165) is 32.4 Å². The second-order valence-electron chi connectivity index (χ2n) is 7.77. The van der Waals surface area contributed by atoms with E-state index in [1.165, 1.54) is 4.90 Å². The van der Waals surface area contributed by atoms with Gasteiger partial charge in [0, 0.05) is 49.4 Å². The minimum Gasteiger partial charge on any atom is -0.339 e. The van der Waals surface area contributed by atoms with Gasteiger partial charge in [0.25, 0.3) is 5.91 Å². The van der Waals surface area contributed by atoms with Gasteiger partial charge < -0.3 is 15.1 Å². The van der Waals surface area contributed by atoms with Gasteiger partial charge in [-0.3, -0.25) is 14.4 Å². The first-order valence-electron chi connectivity index (χ1n) is 11.0. The molecule has 0 aliphatic carbocycles. The van der Waals surface area contributed by atoms with Gasteiger partial charge in [-0.2, -0.15) is 5.26 Å². The second-order valence-corrected chi connectivity index (χ2v) is 7.77. The smallest absolute Gasteiger partial charge is 0.253 e. The van der Waals surface area contributed by atoms with Crippen LogP contribution in [-0.4, -0.2) is 42.3 Å². The quantitative estimate of drug-likeness (QED) is 0.683. The van der Waals surface area contributed by atoms with Crippen LogP contribution in [0.3, 0.4) is 0 Å². The van der Waals surface area contributed by atoms with Crippen molar-refractivity contribution in [2.45, 2.75) is 38.5 Å². The first-order chi connectivity index (χ1) is 15.6. The van der Waals surface area contributed by atoms with E-state index in [1.807, 2.05) is 23.1 Å². The predicted octanol–water partition coefficient (Wildman–Crippen LogP) is 3.98. The molecule has 2 aromatic rings. The average molecular weight is 433 g/mol. The van der Waals surface area contributed by atoms with Gasteiger partial charge in [-0.05, 0) is 49.6 Å². The van der Waals surface area contributed by atoms with E-state index in [9.17, 15) is 14.4 Å². The molecule has 1 fully saturated rings. The van der Waals surface area contributed by atoms with Crippen molar-refractivity contribution in [2.24, 2.45) is 0 Å². The first-order valence-corrected chi connectivity index (χ1v) is 11.0. The van der Waals surface area contributed by atoms with E-state index in [-0.39, 0.29) is 43.5 Å². The third kappa shape index (κ3) is 6.42. The van der Waals surface area contributed by atoms with Crippen LogP contribution in [0.15, 0.2) is 54.6 Å². The molecule has 1 aliphatic rings. The number of rotatable bonds is 8. The Morgan fingerprint density at radius 3 is 2.44 bits per heavy atom. The van der Waals surface area contributed by atoms with Crippen LogP contribution in [0.5, 0.6) is 0 Å². The molecular weight excluding hydrogens is 404 g/mol. The highest BCUT2D eigenvalue weighted by molar-refractivity contribution is 5.99. The van der Waals surface area contributed by atoms with E-state index in [2.05, 4.69) is 11.4 Å². The Balaban J connectivity index is 1.56. The molecule has 0 bridgehead atoms. The highest BCUT2D eigenvalue weighted by Gasteiger charge is 2.19. The van der Waals surface area contributed by atoms with Gasteiger partial charge in [-0.15, -0.1) is 0 Å². The molecule has 1 heterocycles. The predicted molar refractivity (Wildman–Crippen MR) is 123 cm³/mol. The summed E-state index contributed by atoms with van der Waals surface area (Å²) in [6.45, 7) is 1.81. The molecule has 1 aliphatic heterocycles. The number of piperidine rings is 1. The third-order valence-corrected chi connectivity index (χ3v) is 5.42. The molecule has 32 heavy (non-hydrogen) atoms. The lowest BCUT2D eigenvalue weighted by molar-refractivity contribution is -0.122. The lowest BCUT2D eigenvalue weighted by atomic mass is 10.1. The van der Waals surface area contributed by atoms with Crippen LogP contribution >= 0.6 is 0 Å². The summed E-state index contributed by atoms with van der Waals surface area (Å²) < 4.78 is 0. The Bertz CT molecular complexity index is 978. The van der Waals surface area contributed by atoms with E-state index in [4.69, 9.17) is 5.26 Å². The lowest BCUT2D eigenvalue weighted by Crippen LogP contribution is -2.35. The molecule has 0 atom stereocenters. The number of hydrogen-bond acceptors (Lipinski definition) is 4. The molecule has 0 spiro atoms. The van der Waals surface area contributed by atoms with E-state index < -0.39 is 0 Å². The minimum atomic E-state index is -0.297. The Morgan fingerprint density at radius 1 is 0.969 bits per heavy atom. The Labute approximate surface area is 188 Å². The van der Waals surface area contributed by atoms with Crippen LogP contribution in [0.25, 0.3) is 0 Å². The number of nitrogens with zero attached hydrogens (tertiary/aromatic N) is 3. The first kappa shape index (κ1) is 23.0. The summed E-state index contributed by atoms with van der Waals surface area (Å²) in [6.07, 6.45) is 3.44. The largest absolute Gasteiger partial charge is 0.339 e. The maximum atomic E-state index is 12.7. The average Bonchev–Trinajstić information content (AvgIpc) is 2.84. The van der Waals surface area contributed by atoms with Crippen LogP contribution in [0.2, 0.25) is 0 Å². The van der Waals surface area contributed by atoms with E-state index in [0.29, 0.717) is 16.9 Å². The summed E-state index contributed by atoms with van der Waals surface area (Å²) in [5.41, 5.74) is 1.79. The van der Waals surface area contributed by atoms with Gasteiger partial charge in [0.1, 0.15) is 0 Å². The number of hydrogen-bond donors (Lipinski definition) is 1. The van der Waals surface area contributed by atoms with Gasteiger partial charge in [0.2, 0.25) is 11.8 Å². The lowest BCUT2D eigenvalue weighted by Gasteiger charge is -2.26. The fraction of sp³-hybridized carbons (Fsp3) is 0.360. The van der Waals surface area contributed by atoms with Crippen molar-refractivity contribution >= 4 is 29.1 Å². The molecule has 0 saturated carbocycles. The summed E-state index contributed by atoms with van der Waals surface area (Å²) in [7, 11) is 0. The van der Waals surface area contributed by atoms with Crippen molar-refractivity contribution in [1.29, 1.82) is 5.26 Å². The van der Waals surface area contributed by atoms with Gasteiger partial charge in [0.05, 0.1) is 12.5 Å². The topological polar surface area (TPSA) is 93.5 Å². The number of carbonyl (C=O) groups is 3. The maximum absolute atomic E-state index is 12.7. The van der Waals surface area contributed by atoms with Crippen molar-refractivity contribution in [3.63, 3.8) is 0 Å². The van der Waals surface area contributed by atoms with Crippen molar-refractivity contribution in [1.82, 2.24) is 4.90 Å². The molecule has 1 N–H and O–H groups in total. The number of anilines is 2. The molecule has 1 saturated heterocycles. The highest BCUT2D eigenvalue weighted by atomic mass is 16.2. The van der Waals surface area contributed by atoms with Crippen LogP contribution < -0.4 is 10.2 Å². The zero-order valence-electron chi connectivity index (χ0n) is 18.1. The van der Waals surface area contributed by atoms with Crippen molar-refractivity contribution < 1.29 is 14.4 Å². The zero-order chi connectivity index (χ0) is 22.8. The molecule has 2 aromatic carbocycles. The third-order valence-electron chi connectivity index (χ3n) is 5.42. The summed E-state index contributed by atoms with van der Waals surface area (Å²) in [5.74, 6) is -0.531. The number of benzene rings is 2. The standard InChI is InChI=1S/C25H28N4O3/c26-15-8-18-29(22-11-3-1-4-12-22)24(31)14-13-23(30)27-21-10-7-9-20(19-21)25(32)28-16-5-2-6-17-28/h1,3-4,7,9-12,19H,2,5-6,8,13-14,16-18H2,(H,27,30). The van der Waals surface area contributed by atoms with Crippen molar-refractivity contribution in [2.75, 3.05) is 29.9 Å². The normalized spacial score (nSPS) is 13.2. The number of para-hydroxylation sites is 1. The maximum Gasteiger partial charge on any atom is 0.253 e. The van der Waals surface area contributed by atoms with Crippen LogP contribution in [0.4, 0.5) is 11.4 Å². The van der Waals surface area contributed by atoms with E-state index in [1.54, 1.807) is 36.4 Å². The number of nitrogens with one attached hydrogen (secondary N) is 1. The second kappa shape index (κ2) is 11.7. The minimum absolute atomic E-state index is 0.0129. The van der Waals surface area contributed by atoms with Crippen LogP contribution in [0.1, 0.15) is 48.9 Å². The van der Waals surface area contributed by atoms with Gasteiger partial charge >= 0.3 is 0 Å². The van der Waals surface area contributed by atoms with Crippen molar-refractivity contribution in [3.05, 3.63) is 60.2 Å². The number of likely N-dealkylation sites (tertiary alicyclic amines) is 1. The van der Waals surface area contributed by atoms with Crippen LogP contribution in [-0.2, 0) is 9.59 Å². The fourth-order valence-corrected chi connectivity index (χ4v) is 3.76. The number of nitriles is 1. The monoisotopic (exact) mass is 432 g/mol. The Kier molecular flexibility index (Phi) is 8.38.